The van der Waals surface area contributed by atoms with Crippen molar-refractivity contribution < 1.29 is 8.42 Å². The predicted octanol–water partition coefficient (Wildman–Crippen LogP) is 1.65. The van der Waals surface area contributed by atoms with E-state index in [1.54, 1.807) is 0 Å². The molecule has 1 rings (SSSR count). The first-order valence-corrected chi connectivity index (χ1v) is 6.79. The molecule has 1 aliphatic rings. The van der Waals surface area contributed by atoms with Gasteiger partial charge in [0.25, 0.3) is 0 Å². The van der Waals surface area contributed by atoms with Crippen molar-refractivity contribution in [1.29, 1.82) is 0 Å². The predicted molar refractivity (Wildman–Crippen MR) is 54.1 cm³/mol. The Morgan fingerprint density at radius 1 is 1.23 bits per heavy atom. The molecule has 0 atom stereocenters. The molecule has 78 valence electrons. The Balaban J connectivity index is 2.10. The fourth-order valence-corrected chi connectivity index (χ4v) is 2.68. The summed E-state index contributed by atoms with van der Waals surface area (Å²) in [4.78, 5) is 0. The van der Waals surface area contributed by atoms with Crippen LogP contribution in [0.2, 0.25) is 0 Å². The van der Waals surface area contributed by atoms with Crippen LogP contribution in [0.15, 0.2) is 0 Å². The number of nitrogens with one attached hydrogen (secondary N) is 1. The maximum atomic E-state index is 11.3. The Morgan fingerprint density at radius 2 is 1.92 bits per heavy atom. The van der Waals surface area contributed by atoms with Gasteiger partial charge >= 0.3 is 0 Å². The zero-order valence-corrected chi connectivity index (χ0v) is 9.07. The Hall–Kier alpha value is -0.0900. The van der Waals surface area contributed by atoms with Crippen molar-refractivity contribution >= 4 is 10.0 Å². The maximum absolute atomic E-state index is 11.3. The fraction of sp³-hybridized carbons (Fsp3) is 1.00. The smallest absolute Gasteiger partial charge is 0.211 e. The summed E-state index contributed by atoms with van der Waals surface area (Å²) >= 11 is 0. The highest BCUT2D eigenvalue weighted by atomic mass is 32.2. The Kier molecular flexibility index (Phi) is 4.19. The van der Waals surface area contributed by atoms with Gasteiger partial charge in [0.2, 0.25) is 10.0 Å². The van der Waals surface area contributed by atoms with Gasteiger partial charge in [-0.25, -0.2) is 13.1 Å². The Labute approximate surface area is 81.0 Å². The van der Waals surface area contributed by atoms with Gasteiger partial charge in [-0.15, -0.1) is 0 Å². The van der Waals surface area contributed by atoms with Gasteiger partial charge < -0.3 is 0 Å². The monoisotopic (exact) mass is 205 g/mol. The molecule has 0 spiro atoms. The van der Waals surface area contributed by atoms with Crippen LogP contribution in [0.4, 0.5) is 0 Å². The summed E-state index contributed by atoms with van der Waals surface area (Å²) in [6, 6.07) is 0.260. The van der Waals surface area contributed by atoms with Gasteiger partial charge in [-0.1, -0.05) is 26.2 Å². The minimum Gasteiger partial charge on any atom is -0.212 e. The summed E-state index contributed by atoms with van der Waals surface area (Å²) in [5.74, 6) is 0.309. The van der Waals surface area contributed by atoms with Gasteiger partial charge in [0.1, 0.15) is 0 Å². The first kappa shape index (κ1) is 11.0. The summed E-state index contributed by atoms with van der Waals surface area (Å²) < 4.78 is 25.3. The lowest BCUT2D eigenvalue weighted by atomic mass is 10.2. The van der Waals surface area contributed by atoms with E-state index < -0.39 is 10.0 Å². The van der Waals surface area contributed by atoms with E-state index in [1.807, 2.05) is 0 Å². The molecule has 1 saturated carbocycles. The van der Waals surface area contributed by atoms with Crippen molar-refractivity contribution in [2.24, 2.45) is 0 Å². The molecule has 3 nitrogen and oxygen atoms in total. The molecule has 1 N–H and O–H groups in total. The summed E-state index contributed by atoms with van der Waals surface area (Å²) in [5.41, 5.74) is 0. The summed E-state index contributed by atoms with van der Waals surface area (Å²) in [6.07, 6.45) is 6.16. The molecule has 0 unspecified atom stereocenters. The van der Waals surface area contributed by atoms with Crippen molar-refractivity contribution in [3.63, 3.8) is 0 Å². The highest BCUT2D eigenvalue weighted by Crippen LogP contribution is 2.20. The summed E-state index contributed by atoms with van der Waals surface area (Å²) in [5, 5.41) is 0. The van der Waals surface area contributed by atoms with Crippen molar-refractivity contribution in [3.8, 4) is 0 Å². The third-order valence-electron chi connectivity index (χ3n) is 2.19. The third-order valence-corrected chi connectivity index (χ3v) is 3.71. The number of sulfonamides is 1. The van der Waals surface area contributed by atoms with E-state index in [0.29, 0.717) is 5.75 Å². The molecule has 0 aromatic carbocycles. The average molecular weight is 205 g/mol. The molecule has 0 aromatic rings. The molecule has 4 heteroatoms. The molecule has 0 heterocycles. The van der Waals surface area contributed by atoms with Crippen molar-refractivity contribution in [3.05, 3.63) is 0 Å². The van der Waals surface area contributed by atoms with Gasteiger partial charge in [-0.2, -0.15) is 0 Å². The number of hydrogen-bond donors (Lipinski definition) is 1. The van der Waals surface area contributed by atoms with Crippen LogP contribution in [0.3, 0.4) is 0 Å². The van der Waals surface area contributed by atoms with Gasteiger partial charge in [-0.05, 0) is 19.3 Å². The highest BCUT2D eigenvalue weighted by molar-refractivity contribution is 7.89. The van der Waals surface area contributed by atoms with E-state index in [0.717, 1.165) is 38.5 Å². The van der Waals surface area contributed by atoms with Gasteiger partial charge in [-0.3, -0.25) is 0 Å². The first-order chi connectivity index (χ1) is 6.14. The van der Waals surface area contributed by atoms with E-state index in [4.69, 9.17) is 0 Å². The first-order valence-electron chi connectivity index (χ1n) is 5.14. The minimum absolute atomic E-state index is 0.260. The normalized spacial score (nSPS) is 17.6. The second-order valence-electron chi connectivity index (χ2n) is 3.77. The van der Waals surface area contributed by atoms with E-state index in [1.165, 1.54) is 0 Å². The molecule has 13 heavy (non-hydrogen) atoms. The Bertz CT molecular complexity index is 232. The second kappa shape index (κ2) is 4.96. The lowest BCUT2D eigenvalue weighted by Crippen LogP contribution is -2.28. The lowest BCUT2D eigenvalue weighted by Gasteiger charge is -2.04. The van der Waals surface area contributed by atoms with Gasteiger partial charge in [0.15, 0.2) is 0 Å². The largest absolute Gasteiger partial charge is 0.212 e. The highest BCUT2D eigenvalue weighted by Gasteiger charge is 2.26. The van der Waals surface area contributed by atoms with Gasteiger partial charge in [0.05, 0.1) is 5.75 Å². The standard InChI is InChI=1S/C9H19NO2S/c1-2-3-4-5-8-13(11,12)10-9-6-7-9/h9-10H,2-8H2,1H3. The molecular formula is C9H19NO2S. The van der Waals surface area contributed by atoms with Crippen LogP contribution in [0.5, 0.6) is 0 Å². The molecule has 0 radical (unpaired) electrons. The van der Waals surface area contributed by atoms with E-state index in [-0.39, 0.29) is 6.04 Å². The number of rotatable bonds is 7. The van der Waals surface area contributed by atoms with Crippen LogP contribution >= 0.6 is 0 Å². The van der Waals surface area contributed by atoms with Crippen LogP contribution in [-0.2, 0) is 10.0 Å². The van der Waals surface area contributed by atoms with E-state index >= 15 is 0 Å². The Morgan fingerprint density at radius 3 is 2.46 bits per heavy atom. The average Bonchev–Trinajstić information content (AvgIpc) is 2.81. The topological polar surface area (TPSA) is 46.2 Å². The van der Waals surface area contributed by atoms with Gasteiger partial charge in [0, 0.05) is 6.04 Å². The molecule has 0 aromatic heterocycles. The molecular weight excluding hydrogens is 186 g/mol. The molecule has 0 bridgehead atoms. The van der Waals surface area contributed by atoms with E-state index in [2.05, 4.69) is 11.6 Å². The third kappa shape index (κ3) is 5.26. The van der Waals surface area contributed by atoms with Crippen molar-refractivity contribution in [2.45, 2.75) is 51.5 Å². The minimum atomic E-state index is -2.95. The fourth-order valence-electron chi connectivity index (χ4n) is 1.23. The van der Waals surface area contributed by atoms with Crippen molar-refractivity contribution in [1.82, 2.24) is 4.72 Å². The number of unbranched alkanes of at least 4 members (excludes halogenated alkanes) is 3. The van der Waals surface area contributed by atoms with E-state index in [9.17, 15) is 8.42 Å². The van der Waals surface area contributed by atoms with Crippen molar-refractivity contribution in [2.75, 3.05) is 5.75 Å². The lowest BCUT2D eigenvalue weighted by molar-refractivity contribution is 0.574. The molecule has 1 fully saturated rings. The zero-order valence-electron chi connectivity index (χ0n) is 8.25. The molecule has 0 amide bonds. The summed E-state index contributed by atoms with van der Waals surface area (Å²) in [6.45, 7) is 2.12. The van der Waals surface area contributed by atoms with Crippen LogP contribution in [0.25, 0.3) is 0 Å². The SMILES string of the molecule is CCCCCCS(=O)(=O)NC1CC1. The molecule has 0 aliphatic heterocycles. The van der Waals surface area contributed by atoms with Crippen LogP contribution < -0.4 is 4.72 Å². The zero-order chi connectivity index (χ0) is 9.73. The quantitative estimate of drug-likeness (QED) is 0.642. The molecule has 1 aliphatic carbocycles. The van der Waals surface area contributed by atoms with Crippen LogP contribution in [-0.4, -0.2) is 20.2 Å². The maximum Gasteiger partial charge on any atom is 0.211 e. The van der Waals surface area contributed by atoms with Crippen LogP contribution in [0, 0.1) is 0 Å². The molecule has 0 saturated heterocycles. The summed E-state index contributed by atoms with van der Waals surface area (Å²) in [7, 11) is -2.95. The second-order valence-corrected chi connectivity index (χ2v) is 5.65. The number of hydrogen-bond acceptors (Lipinski definition) is 2. The van der Waals surface area contributed by atoms with Crippen LogP contribution in [0.1, 0.15) is 45.4 Å².